The largest absolute Gasteiger partial charge is 0.379 e. The fourth-order valence-corrected chi connectivity index (χ4v) is 2.00. The number of hydrogen-bond acceptors (Lipinski definition) is 5. The van der Waals surface area contributed by atoms with E-state index >= 15 is 0 Å². The molecule has 0 aliphatic rings. The highest BCUT2D eigenvalue weighted by Crippen LogP contribution is 2.04. The summed E-state index contributed by atoms with van der Waals surface area (Å²) in [6, 6.07) is 3.05. The minimum atomic E-state index is -3.47. The van der Waals surface area contributed by atoms with E-state index in [2.05, 4.69) is 9.71 Å². The second-order valence-corrected chi connectivity index (χ2v) is 4.75. The Bertz CT molecular complexity index is 394. The Labute approximate surface area is 94.9 Å². The van der Waals surface area contributed by atoms with Gasteiger partial charge >= 0.3 is 0 Å². The molecular weight excluding hydrogens is 230 g/mol. The van der Waals surface area contributed by atoms with Crippen LogP contribution in [-0.2, 0) is 14.8 Å². The first-order valence-electron chi connectivity index (χ1n) is 4.84. The lowest BCUT2D eigenvalue weighted by Gasteiger charge is -2.06. The highest BCUT2D eigenvalue weighted by Gasteiger charge is 2.12. The van der Waals surface area contributed by atoms with E-state index in [0.717, 1.165) is 0 Å². The van der Waals surface area contributed by atoms with Crippen molar-refractivity contribution in [2.24, 2.45) is 5.73 Å². The van der Waals surface area contributed by atoms with E-state index in [1.165, 1.54) is 18.5 Å². The molecule has 7 heteroatoms. The molecule has 0 aliphatic heterocycles. The van der Waals surface area contributed by atoms with E-state index in [1.807, 2.05) is 0 Å². The molecule has 0 aromatic carbocycles. The Hall–Kier alpha value is -1.02. The quantitative estimate of drug-likeness (QED) is 0.622. The molecule has 0 atom stereocenters. The summed E-state index contributed by atoms with van der Waals surface area (Å²) in [5.41, 5.74) is 5.22. The minimum Gasteiger partial charge on any atom is -0.379 e. The van der Waals surface area contributed by atoms with Gasteiger partial charge < -0.3 is 10.5 Å². The van der Waals surface area contributed by atoms with Gasteiger partial charge in [-0.2, -0.15) is 0 Å². The topological polar surface area (TPSA) is 94.3 Å². The molecule has 0 radical (unpaired) electrons. The second-order valence-electron chi connectivity index (χ2n) is 2.99. The Morgan fingerprint density at radius 2 is 2.25 bits per heavy atom. The molecule has 0 amide bonds. The maximum Gasteiger partial charge on any atom is 0.242 e. The summed E-state index contributed by atoms with van der Waals surface area (Å²) in [6.45, 7) is 1.37. The van der Waals surface area contributed by atoms with Crippen LogP contribution in [0.4, 0.5) is 0 Å². The van der Waals surface area contributed by atoms with Crippen molar-refractivity contribution in [3.05, 3.63) is 24.5 Å². The molecule has 1 aromatic heterocycles. The van der Waals surface area contributed by atoms with Crippen molar-refractivity contribution >= 4 is 10.0 Å². The van der Waals surface area contributed by atoms with Gasteiger partial charge in [0.25, 0.3) is 0 Å². The Morgan fingerprint density at radius 1 is 1.44 bits per heavy atom. The lowest BCUT2D eigenvalue weighted by Crippen LogP contribution is -2.28. The predicted molar refractivity (Wildman–Crippen MR) is 59.3 cm³/mol. The molecule has 6 nitrogen and oxygen atoms in total. The lowest BCUT2D eigenvalue weighted by molar-refractivity contribution is 0.147. The van der Waals surface area contributed by atoms with Gasteiger partial charge in [-0.3, -0.25) is 4.98 Å². The van der Waals surface area contributed by atoms with Crippen LogP contribution in [0.2, 0.25) is 0 Å². The smallest absolute Gasteiger partial charge is 0.242 e. The fourth-order valence-electron chi connectivity index (χ4n) is 1.02. The van der Waals surface area contributed by atoms with Gasteiger partial charge in [0, 0.05) is 25.5 Å². The average molecular weight is 245 g/mol. The van der Waals surface area contributed by atoms with E-state index < -0.39 is 10.0 Å². The molecule has 0 saturated carbocycles. The van der Waals surface area contributed by atoms with Crippen molar-refractivity contribution in [2.75, 3.05) is 26.3 Å². The molecule has 0 bridgehead atoms. The third-order valence-electron chi connectivity index (χ3n) is 1.75. The van der Waals surface area contributed by atoms with Crippen LogP contribution in [0.5, 0.6) is 0 Å². The molecule has 16 heavy (non-hydrogen) atoms. The number of rotatable bonds is 7. The van der Waals surface area contributed by atoms with Gasteiger partial charge in [0.15, 0.2) is 0 Å². The van der Waals surface area contributed by atoms with Crippen LogP contribution in [-0.4, -0.2) is 39.7 Å². The Kier molecular flexibility index (Phi) is 5.33. The van der Waals surface area contributed by atoms with Gasteiger partial charge in [0.2, 0.25) is 10.0 Å². The van der Waals surface area contributed by atoms with Crippen molar-refractivity contribution < 1.29 is 13.2 Å². The number of ether oxygens (including phenoxy) is 1. The highest BCUT2D eigenvalue weighted by atomic mass is 32.2. The van der Waals surface area contributed by atoms with Crippen molar-refractivity contribution in [3.63, 3.8) is 0 Å². The third kappa shape index (κ3) is 4.23. The number of aromatic nitrogens is 1. The van der Waals surface area contributed by atoms with Crippen LogP contribution in [0.15, 0.2) is 29.4 Å². The lowest BCUT2D eigenvalue weighted by atomic mass is 10.5. The zero-order valence-electron chi connectivity index (χ0n) is 8.80. The molecule has 90 valence electrons. The number of sulfonamides is 1. The highest BCUT2D eigenvalue weighted by molar-refractivity contribution is 7.89. The first-order valence-corrected chi connectivity index (χ1v) is 6.32. The molecule has 0 fully saturated rings. The maximum absolute atomic E-state index is 11.6. The van der Waals surface area contributed by atoms with Gasteiger partial charge in [0.05, 0.1) is 13.2 Å². The van der Waals surface area contributed by atoms with Crippen LogP contribution >= 0.6 is 0 Å². The van der Waals surface area contributed by atoms with Gasteiger partial charge in [-0.05, 0) is 12.1 Å². The van der Waals surface area contributed by atoms with Gasteiger partial charge in [-0.1, -0.05) is 0 Å². The van der Waals surface area contributed by atoms with Gasteiger partial charge in [-0.15, -0.1) is 0 Å². The van der Waals surface area contributed by atoms with Crippen molar-refractivity contribution in [3.8, 4) is 0 Å². The Balaban J connectivity index is 2.41. The molecule has 0 saturated heterocycles. The van der Waals surface area contributed by atoms with E-state index in [-0.39, 0.29) is 11.4 Å². The molecule has 0 aliphatic carbocycles. The summed E-state index contributed by atoms with van der Waals surface area (Å²) >= 11 is 0. The summed E-state index contributed by atoms with van der Waals surface area (Å²) in [4.78, 5) is 3.89. The first-order chi connectivity index (χ1) is 7.67. The zero-order valence-corrected chi connectivity index (χ0v) is 9.61. The SMILES string of the molecule is NCCOCCNS(=O)(=O)c1cccnc1. The van der Waals surface area contributed by atoms with Crippen LogP contribution in [0, 0.1) is 0 Å². The van der Waals surface area contributed by atoms with Crippen molar-refractivity contribution in [2.45, 2.75) is 4.90 Å². The zero-order chi connectivity index (χ0) is 11.9. The molecule has 3 N–H and O–H groups in total. The summed E-state index contributed by atoms with van der Waals surface area (Å²) < 4.78 is 30.7. The summed E-state index contributed by atoms with van der Waals surface area (Å²) in [7, 11) is -3.47. The molecule has 1 heterocycles. The van der Waals surface area contributed by atoms with Crippen LogP contribution in [0.1, 0.15) is 0 Å². The number of nitrogens with one attached hydrogen (secondary N) is 1. The van der Waals surface area contributed by atoms with Crippen LogP contribution in [0.3, 0.4) is 0 Å². The predicted octanol–water partition coefficient (Wildman–Crippen LogP) is -0.665. The molecule has 0 spiro atoms. The molecule has 0 unspecified atom stereocenters. The fraction of sp³-hybridized carbons (Fsp3) is 0.444. The minimum absolute atomic E-state index is 0.147. The maximum atomic E-state index is 11.6. The van der Waals surface area contributed by atoms with Gasteiger partial charge in [-0.25, -0.2) is 13.1 Å². The van der Waals surface area contributed by atoms with Crippen LogP contribution in [0.25, 0.3) is 0 Å². The standard InChI is InChI=1S/C9H15N3O3S/c10-3-6-15-7-5-12-16(13,14)9-2-1-4-11-8-9/h1-2,4,8,12H,3,5-7,10H2. The van der Waals surface area contributed by atoms with E-state index in [1.54, 1.807) is 6.07 Å². The average Bonchev–Trinajstić information content (AvgIpc) is 2.30. The number of hydrogen-bond donors (Lipinski definition) is 2. The van der Waals surface area contributed by atoms with Gasteiger partial charge in [0.1, 0.15) is 4.90 Å². The normalized spacial score (nSPS) is 11.6. The van der Waals surface area contributed by atoms with Crippen molar-refractivity contribution in [1.29, 1.82) is 0 Å². The monoisotopic (exact) mass is 245 g/mol. The molecule has 1 rings (SSSR count). The van der Waals surface area contributed by atoms with E-state index in [0.29, 0.717) is 19.8 Å². The first kappa shape index (κ1) is 13.0. The summed E-state index contributed by atoms with van der Waals surface area (Å²) in [6.07, 6.45) is 2.81. The third-order valence-corrected chi connectivity index (χ3v) is 3.19. The van der Waals surface area contributed by atoms with E-state index in [9.17, 15) is 8.42 Å². The summed E-state index contributed by atoms with van der Waals surface area (Å²) in [5, 5.41) is 0. The second kappa shape index (κ2) is 6.54. The number of pyridine rings is 1. The van der Waals surface area contributed by atoms with Crippen LogP contribution < -0.4 is 10.5 Å². The van der Waals surface area contributed by atoms with Crippen molar-refractivity contribution in [1.82, 2.24) is 9.71 Å². The molecule has 1 aromatic rings. The number of nitrogens with zero attached hydrogens (tertiary/aromatic N) is 1. The number of nitrogens with two attached hydrogens (primary N) is 1. The molecular formula is C9H15N3O3S. The Morgan fingerprint density at radius 3 is 2.88 bits per heavy atom. The van der Waals surface area contributed by atoms with E-state index in [4.69, 9.17) is 10.5 Å². The summed E-state index contributed by atoms with van der Waals surface area (Å²) in [5.74, 6) is 0.